The van der Waals surface area contributed by atoms with Crippen molar-refractivity contribution in [1.82, 2.24) is 20.4 Å². The second kappa shape index (κ2) is 26.4. The Balaban J connectivity index is 0.000000808. The molecule has 0 radical (unpaired) electrons. The van der Waals surface area contributed by atoms with E-state index in [-0.39, 0.29) is 84.6 Å². The Hall–Kier alpha value is -2.60. The fourth-order valence-corrected chi connectivity index (χ4v) is 4.72. The van der Waals surface area contributed by atoms with E-state index in [4.69, 9.17) is 5.73 Å². The van der Waals surface area contributed by atoms with E-state index in [9.17, 15) is 38.4 Å². The van der Waals surface area contributed by atoms with Crippen LogP contribution in [0.3, 0.4) is 0 Å². The number of nitrogens with one attached hydrogen (secondary N) is 2. The van der Waals surface area contributed by atoms with Gasteiger partial charge in [-0.3, -0.25) is 48.2 Å². The summed E-state index contributed by atoms with van der Waals surface area (Å²) in [5.41, 5.74) is 5.21. The number of amides is 7. The van der Waals surface area contributed by atoms with Crippen molar-refractivity contribution in [1.29, 1.82) is 0 Å². The number of carbonyl (C=O) groups excluding carboxylic acids is 8. The van der Waals surface area contributed by atoms with Crippen molar-refractivity contribution < 1.29 is 38.4 Å². The SMILES string of the molecule is CC(CCCCNC(=O)CCN1C(=O)C=CC1=O)C(=O)P=S.CC(CCCCNC(=O)CCN1C(=O)C=CC1=O)C(N)=O.S=PP=S. The summed E-state index contributed by atoms with van der Waals surface area (Å²) in [6, 6.07) is 0. The fourth-order valence-electron chi connectivity index (χ4n) is 3.87. The number of hydrogen-bond donors (Lipinski definition) is 3. The lowest BCUT2D eigenvalue weighted by molar-refractivity contribution is -0.139. The van der Waals surface area contributed by atoms with Gasteiger partial charge in [0, 0.05) is 89.2 Å². The minimum Gasteiger partial charge on any atom is -0.369 e. The Kier molecular flexibility index (Phi) is 24.9. The molecule has 0 saturated heterocycles. The highest BCUT2D eigenvalue weighted by Gasteiger charge is 2.24. The average molecular weight is 764 g/mol. The Morgan fingerprint density at radius 3 is 1.36 bits per heavy atom. The molecule has 2 rings (SSSR count). The zero-order valence-electron chi connectivity index (χ0n) is 26.3. The Bertz CT molecular complexity index is 1210. The van der Waals surface area contributed by atoms with Gasteiger partial charge in [0.25, 0.3) is 23.6 Å². The minimum absolute atomic E-state index is 0.0328. The number of unbranched alkanes of at least 4 members (excludes halogenated alkanes) is 2. The molecular formula is C28H40N5O8P3S3. The molecule has 0 aromatic carbocycles. The van der Waals surface area contributed by atoms with Crippen molar-refractivity contribution in [3.63, 3.8) is 0 Å². The van der Waals surface area contributed by atoms with E-state index in [0.29, 0.717) is 26.9 Å². The predicted octanol–water partition coefficient (Wildman–Crippen LogP) is 2.59. The minimum atomic E-state index is -0.381. The van der Waals surface area contributed by atoms with Crippen LogP contribution in [0.25, 0.3) is 0 Å². The smallest absolute Gasteiger partial charge is 0.253 e. The summed E-state index contributed by atoms with van der Waals surface area (Å²) in [5.74, 6) is -2.41. The summed E-state index contributed by atoms with van der Waals surface area (Å²) in [5, 5.41) is 5.45. The summed E-state index contributed by atoms with van der Waals surface area (Å²) >= 11 is 13.5. The summed E-state index contributed by atoms with van der Waals surface area (Å²) in [7, 11) is 2.12. The molecule has 2 atom stereocenters. The maximum absolute atomic E-state index is 11.6. The van der Waals surface area contributed by atoms with E-state index in [1.165, 1.54) is 24.3 Å². The van der Waals surface area contributed by atoms with Gasteiger partial charge in [0.2, 0.25) is 17.7 Å². The molecule has 19 heteroatoms. The molecule has 7 amide bonds. The van der Waals surface area contributed by atoms with E-state index in [1.54, 1.807) is 6.92 Å². The molecule has 0 aromatic rings. The molecule has 13 nitrogen and oxygen atoms in total. The largest absolute Gasteiger partial charge is 0.369 e. The molecule has 2 aliphatic heterocycles. The Morgan fingerprint density at radius 1 is 0.681 bits per heavy atom. The van der Waals surface area contributed by atoms with Gasteiger partial charge in [-0.1, -0.05) is 26.7 Å². The Labute approximate surface area is 294 Å². The lowest BCUT2D eigenvalue weighted by Crippen LogP contribution is -2.35. The van der Waals surface area contributed by atoms with E-state index in [2.05, 4.69) is 46.1 Å². The second-order valence-electron chi connectivity index (χ2n) is 10.3. The molecule has 2 aliphatic rings. The molecule has 47 heavy (non-hydrogen) atoms. The number of nitrogens with two attached hydrogens (primary N) is 1. The maximum atomic E-state index is 11.6. The quantitative estimate of drug-likeness (QED) is 0.0938. The van der Waals surface area contributed by atoms with Gasteiger partial charge in [0.05, 0.1) is 7.36 Å². The summed E-state index contributed by atoms with van der Waals surface area (Å²) in [4.78, 5) is 92.5. The highest BCUT2D eigenvalue weighted by atomic mass is 32.7. The zero-order chi connectivity index (χ0) is 35.8. The van der Waals surface area contributed by atoms with Crippen molar-refractivity contribution in [3.05, 3.63) is 24.3 Å². The highest BCUT2D eigenvalue weighted by Crippen LogP contribution is 2.14. The monoisotopic (exact) mass is 763 g/mol. The number of imide groups is 2. The number of hydrogen-bond acceptors (Lipinski definition) is 11. The van der Waals surface area contributed by atoms with Crippen LogP contribution in [0.2, 0.25) is 0 Å². The third-order valence-electron chi connectivity index (χ3n) is 6.73. The molecule has 2 heterocycles. The van der Waals surface area contributed by atoms with E-state index in [1.807, 2.05) is 6.92 Å². The topological polar surface area (TPSA) is 193 Å². The summed E-state index contributed by atoms with van der Waals surface area (Å²) in [6.07, 6.45) is 9.63. The molecule has 0 aromatic heterocycles. The molecule has 0 aliphatic carbocycles. The number of carbonyl (C=O) groups is 8. The van der Waals surface area contributed by atoms with Gasteiger partial charge in [-0.2, -0.15) is 0 Å². The van der Waals surface area contributed by atoms with Crippen LogP contribution in [0.4, 0.5) is 0 Å². The first-order valence-corrected chi connectivity index (χ1v) is 21.1. The van der Waals surface area contributed by atoms with Crippen molar-refractivity contribution in [2.75, 3.05) is 26.2 Å². The first kappa shape index (κ1) is 44.4. The van der Waals surface area contributed by atoms with Crippen molar-refractivity contribution >= 4 is 104 Å². The normalized spacial score (nSPS) is 14.9. The molecule has 0 fully saturated rings. The maximum Gasteiger partial charge on any atom is 0.253 e. The van der Waals surface area contributed by atoms with Crippen molar-refractivity contribution in [3.8, 4) is 0 Å². The first-order chi connectivity index (χ1) is 22.3. The van der Waals surface area contributed by atoms with E-state index >= 15 is 0 Å². The molecule has 258 valence electrons. The van der Waals surface area contributed by atoms with E-state index < -0.39 is 0 Å². The predicted molar refractivity (Wildman–Crippen MR) is 190 cm³/mol. The third-order valence-corrected chi connectivity index (χ3v) is 10.6. The molecule has 0 spiro atoms. The van der Waals surface area contributed by atoms with Crippen molar-refractivity contribution in [2.45, 2.75) is 65.2 Å². The van der Waals surface area contributed by atoms with Gasteiger partial charge in [-0.05, 0) is 61.1 Å². The highest BCUT2D eigenvalue weighted by molar-refractivity contribution is 8.40. The van der Waals surface area contributed by atoms with Gasteiger partial charge >= 0.3 is 0 Å². The molecular weight excluding hydrogens is 723 g/mol. The molecule has 2 unspecified atom stereocenters. The molecule has 0 saturated carbocycles. The second-order valence-corrected chi connectivity index (χ2v) is 15.7. The van der Waals surface area contributed by atoms with Gasteiger partial charge in [-0.15, -0.1) is 0 Å². The van der Waals surface area contributed by atoms with Crippen molar-refractivity contribution in [2.24, 2.45) is 17.6 Å². The standard InChI is InChI=1S/C14H21N3O4.C14H19N2O4PS.P2S2/c1-10(14(15)21)4-2-3-8-16-11(18)7-9-17-12(19)5-6-13(17)20;1-10(14(20)21-22)4-2-3-8-15-11(17)7-9-16-12(18)5-6-13(16)19;3-1-2-4/h5-6,10H,2-4,7-9H2,1H3,(H2,15,21)(H,16,18);5-6,10H,2-4,7-9H2,1H3,(H,15,17);. The average Bonchev–Trinajstić information content (AvgIpc) is 3.55. The van der Waals surface area contributed by atoms with Gasteiger partial charge < -0.3 is 16.4 Å². The number of nitrogens with zero attached hydrogens (tertiary/aromatic N) is 2. The van der Waals surface area contributed by atoms with Crippen LogP contribution in [0, 0.1) is 11.8 Å². The van der Waals surface area contributed by atoms with Crippen LogP contribution in [-0.2, 0) is 73.8 Å². The van der Waals surface area contributed by atoms with Crippen LogP contribution >= 0.6 is 21.4 Å². The van der Waals surface area contributed by atoms with Crippen LogP contribution < -0.4 is 16.4 Å². The molecule has 4 N–H and O–H groups in total. The van der Waals surface area contributed by atoms with Gasteiger partial charge in [0.15, 0.2) is 5.52 Å². The van der Waals surface area contributed by atoms with E-state index in [0.717, 1.165) is 56.0 Å². The Morgan fingerprint density at radius 2 is 1.04 bits per heavy atom. The summed E-state index contributed by atoms with van der Waals surface area (Å²) in [6.45, 7) is 4.85. The van der Waals surface area contributed by atoms with Crippen LogP contribution in [0.5, 0.6) is 0 Å². The van der Waals surface area contributed by atoms with Crippen LogP contribution in [-0.4, -0.2) is 82.9 Å². The fraction of sp³-hybridized carbons (Fsp3) is 0.571. The van der Waals surface area contributed by atoms with Gasteiger partial charge in [-0.25, -0.2) is 0 Å². The number of rotatable bonds is 20. The number of primary amides is 1. The first-order valence-electron chi connectivity index (χ1n) is 14.7. The van der Waals surface area contributed by atoms with Crippen LogP contribution in [0.15, 0.2) is 24.3 Å². The lowest BCUT2D eigenvalue weighted by Gasteiger charge is -2.13. The van der Waals surface area contributed by atoms with Crippen LogP contribution in [0.1, 0.15) is 65.2 Å². The summed E-state index contributed by atoms with van der Waals surface area (Å²) < 4.78 is 0. The van der Waals surface area contributed by atoms with Gasteiger partial charge in [0.1, 0.15) is 0 Å². The zero-order valence-corrected chi connectivity index (χ0v) is 31.4. The third kappa shape index (κ3) is 20.4. The molecule has 0 bridgehead atoms. The lowest BCUT2D eigenvalue weighted by atomic mass is 10.0.